The lowest BCUT2D eigenvalue weighted by molar-refractivity contribution is 0.359. The molecule has 2 atom stereocenters. The molecule has 0 aliphatic carbocycles. The van der Waals surface area contributed by atoms with Crippen LogP contribution in [0.4, 0.5) is 0 Å². The van der Waals surface area contributed by atoms with Crippen molar-refractivity contribution in [2.45, 2.75) is 59.4 Å². The molecule has 1 aromatic carbocycles. The highest BCUT2D eigenvalue weighted by Gasteiger charge is 2.17. The summed E-state index contributed by atoms with van der Waals surface area (Å²) in [4.78, 5) is 0. The van der Waals surface area contributed by atoms with Gasteiger partial charge in [-0.25, -0.2) is 0 Å². The number of benzene rings is 1. The fourth-order valence-electron chi connectivity index (χ4n) is 2.07. The molecule has 0 radical (unpaired) electrons. The van der Waals surface area contributed by atoms with E-state index in [2.05, 4.69) is 71.1 Å². The first kappa shape index (κ1) is 15.2. The smallest absolute Gasteiger partial charge is 0.00966 e. The van der Waals surface area contributed by atoms with Crippen molar-refractivity contribution < 1.29 is 0 Å². The third-order valence-corrected chi connectivity index (χ3v) is 3.69. The van der Waals surface area contributed by atoms with Gasteiger partial charge in [0.1, 0.15) is 0 Å². The number of rotatable bonds is 5. The summed E-state index contributed by atoms with van der Waals surface area (Å²) in [5.41, 5.74) is 3.12. The van der Waals surface area contributed by atoms with E-state index in [4.69, 9.17) is 0 Å². The number of aryl methyl sites for hydroxylation is 1. The topological polar surface area (TPSA) is 12.0 Å². The third-order valence-electron chi connectivity index (χ3n) is 3.69. The maximum Gasteiger partial charge on any atom is 0.00966 e. The Balaban J connectivity index is 2.64. The average Bonchev–Trinajstić information content (AvgIpc) is 2.34. The second kappa shape index (κ2) is 6.38. The largest absolute Gasteiger partial charge is 0.312 e. The Hall–Kier alpha value is -0.820. The van der Waals surface area contributed by atoms with Crippen molar-refractivity contribution in [1.82, 2.24) is 5.32 Å². The Labute approximate surface area is 113 Å². The minimum atomic E-state index is 0.208. The van der Waals surface area contributed by atoms with E-state index in [1.54, 1.807) is 0 Å². The summed E-state index contributed by atoms with van der Waals surface area (Å²) >= 11 is 0. The molecule has 0 spiro atoms. The van der Waals surface area contributed by atoms with Crippen molar-refractivity contribution >= 4 is 0 Å². The van der Waals surface area contributed by atoms with Crippen LogP contribution in [0, 0.1) is 5.92 Å². The third kappa shape index (κ3) is 4.81. The number of hydrogen-bond donors (Lipinski definition) is 1. The van der Waals surface area contributed by atoms with Gasteiger partial charge in [0.2, 0.25) is 0 Å². The molecule has 0 fully saturated rings. The summed E-state index contributed by atoms with van der Waals surface area (Å²) in [6, 6.07) is 9.03. The Bertz CT molecular complexity index is 362. The van der Waals surface area contributed by atoms with E-state index in [1.165, 1.54) is 11.1 Å². The maximum atomic E-state index is 3.60. The van der Waals surface area contributed by atoms with Crippen molar-refractivity contribution in [2.75, 3.05) is 6.54 Å². The van der Waals surface area contributed by atoms with Gasteiger partial charge in [0.15, 0.2) is 0 Å². The molecule has 1 nitrogen and oxygen atoms in total. The molecule has 2 unspecified atom stereocenters. The number of nitrogens with one attached hydrogen (secondary N) is 1. The first-order valence-electron chi connectivity index (χ1n) is 7.17. The summed E-state index contributed by atoms with van der Waals surface area (Å²) in [5.74, 6) is 1.25. The Morgan fingerprint density at radius 2 is 1.83 bits per heavy atom. The van der Waals surface area contributed by atoms with Gasteiger partial charge < -0.3 is 5.32 Å². The Kier molecular flexibility index (Phi) is 5.40. The predicted octanol–water partition coefficient (Wildman–Crippen LogP) is 4.38. The molecule has 0 saturated heterocycles. The molecule has 0 aromatic heterocycles. The van der Waals surface area contributed by atoms with Crippen LogP contribution in [0.15, 0.2) is 24.3 Å². The zero-order valence-electron chi connectivity index (χ0n) is 12.9. The predicted molar refractivity (Wildman–Crippen MR) is 81.2 cm³/mol. The Morgan fingerprint density at radius 1 is 1.17 bits per heavy atom. The first-order valence-corrected chi connectivity index (χ1v) is 7.17. The molecular formula is C17H29N. The van der Waals surface area contributed by atoms with Crippen LogP contribution >= 0.6 is 0 Å². The molecule has 102 valence electrons. The molecule has 0 saturated carbocycles. The van der Waals surface area contributed by atoms with Gasteiger partial charge in [-0.15, -0.1) is 0 Å². The van der Waals surface area contributed by atoms with Gasteiger partial charge in [-0.1, -0.05) is 45.0 Å². The summed E-state index contributed by atoms with van der Waals surface area (Å²) in [6.07, 6.45) is 1.12. The van der Waals surface area contributed by atoms with Gasteiger partial charge in [-0.05, 0) is 56.7 Å². The van der Waals surface area contributed by atoms with Crippen molar-refractivity contribution in [2.24, 2.45) is 5.92 Å². The molecule has 1 rings (SSSR count). The molecule has 0 aliphatic heterocycles. The van der Waals surface area contributed by atoms with Gasteiger partial charge in [-0.2, -0.15) is 0 Å². The molecular weight excluding hydrogens is 218 g/mol. The van der Waals surface area contributed by atoms with Gasteiger partial charge in [0, 0.05) is 5.54 Å². The molecule has 1 heteroatoms. The highest BCUT2D eigenvalue weighted by Crippen LogP contribution is 2.25. The van der Waals surface area contributed by atoms with E-state index < -0.39 is 0 Å². The van der Waals surface area contributed by atoms with Gasteiger partial charge >= 0.3 is 0 Å². The van der Waals surface area contributed by atoms with E-state index in [-0.39, 0.29) is 5.54 Å². The molecule has 0 heterocycles. The SMILES string of the molecule is CCc1cccc(C(C)C(C)CNC(C)(C)C)c1. The minimum Gasteiger partial charge on any atom is -0.312 e. The highest BCUT2D eigenvalue weighted by molar-refractivity contribution is 5.26. The van der Waals surface area contributed by atoms with Crippen molar-refractivity contribution in [3.63, 3.8) is 0 Å². The zero-order chi connectivity index (χ0) is 13.8. The van der Waals surface area contributed by atoms with E-state index >= 15 is 0 Å². The van der Waals surface area contributed by atoms with E-state index in [0.29, 0.717) is 11.8 Å². The fraction of sp³-hybridized carbons (Fsp3) is 0.647. The van der Waals surface area contributed by atoms with E-state index in [9.17, 15) is 0 Å². The summed E-state index contributed by atoms with van der Waals surface area (Å²) in [6.45, 7) is 14.6. The van der Waals surface area contributed by atoms with Crippen LogP contribution in [-0.4, -0.2) is 12.1 Å². The van der Waals surface area contributed by atoms with Crippen molar-refractivity contribution in [1.29, 1.82) is 0 Å². The van der Waals surface area contributed by atoms with Crippen LogP contribution < -0.4 is 5.32 Å². The van der Waals surface area contributed by atoms with Crippen LogP contribution in [0.1, 0.15) is 58.6 Å². The van der Waals surface area contributed by atoms with Crippen LogP contribution in [-0.2, 0) is 6.42 Å². The lowest BCUT2D eigenvalue weighted by atomic mass is 9.87. The molecule has 0 bridgehead atoms. The van der Waals surface area contributed by atoms with Crippen LogP contribution in [0.5, 0.6) is 0 Å². The molecule has 1 N–H and O–H groups in total. The maximum absolute atomic E-state index is 3.60. The number of hydrogen-bond acceptors (Lipinski definition) is 1. The van der Waals surface area contributed by atoms with Gasteiger partial charge in [-0.3, -0.25) is 0 Å². The molecule has 0 amide bonds. The standard InChI is InChI=1S/C17H29N/c1-7-15-9-8-10-16(11-15)14(3)13(2)12-18-17(4,5)6/h8-11,13-14,18H,7,12H2,1-6H3. The average molecular weight is 247 g/mol. The van der Waals surface area contributed by atoms with Crippen LogP contribution in [0.25, 0.3) is 0 Å². The van der Waals surface area contributed by atoms with Crippen molar-refractivity contribution in [3.05, 3.63) is 35.4 Å². The summed E-state index contributed by atoms with van der Waals surface area (Å²) in [5, 5.41) is 3.60. The monoisotopic (exact) mass is 247 g/mol. The van der Waals surface area contributed by atoms with Crippen LogP contribution in [0.3, 0.4) is 0 Å². The minimum absolute atomic E-state index is 0.208. The molecule has 1 aromatic rings. The van der Waals surface area contributed by atoms with E-state index in [1.807, 2.05) is 0 Å². The molecule has 18 heavy (non-hydrogen) atoms. The van der Waals surface area contributed by atoms with Crippen LogP contribution in [0.2, 0.25) is 0 Å². The van der Waals surface area contributed by atoms with E-state index in [0.717, 1.165) is 13.0 Å². The van der Waals surface area contributed by atoms with Gasteiger partial charge in [0.25, 0.3) is 0 Å². The lowest BCUT2D eigenvalue weighted by Gasteiger charge is -2.27. The second-order valence-corrected chi connectivity index (χ2v) is 6.50. The first-order chi connectivity index (χ1) is 8.33. The summed E-state index contributed by atoms with van der Waals surface area (Å²) in [7, 11) is 0. The molecule has 0 aliphatic rings. The normalized spacial score (nSPS) is 15.4. The highest BCUT2D eigenvalue weighted by atomic mass is 14.9. The van der Waals surface area contributed by atoms with Gasteiger partial charge in [0.05, 0.1) is 0 Å². The second-order valence-electron chi connectivity index (χ2n) is 6.50. The van der Waals surface area contributed by atoms with Crippen molar-refractivity contribution in [3.8, 4) is 0 Å². The zero-order valence-corrected chi connectivity index (χ0v) is 12.9. The lowest BCUT2D eigenvalue weighted by Crippen LogP contribution is -2.39. The quantitative estimate of drug-likeness (QED) is 0.814. The Morgan fingerprint density at radius 3 is 2.39 bits per heavy atom. The summed E-state index contributed by atoms with van der Waals surface area (Å²) < 4.78 is 0. The fourth-order valence-corrected chi connectivity index (χ4v) is 2.07.